The van der Waals surface area contributed by atoms with E-state index in [0.717, 1.165) is 5.56 Å². The number of rotatable bonds is 3. The second-order valence-corrected chi connectivity index (χ2v) is 3.51. The standard InChI is InChI=1S/C12H13NO3/c1-9(10-6-4-3-5-7-10)13-8-11(15-2)16-12(13)14/h3-9H,1-2H3. The van der Waals surface area contributed by atoms with Crippen LogP contribution in [0.3, 0.4) is 0 Å². The molecule has 1 aromatic carbocycles. The first kappa shape index (κ1) is 10.5. The lowest BCUT2D eigenvalue weighted by Crippen LogP contribution is -2.18. The summed E-state index contributed by atoms with van der Waals surface area (Å²) >= 11 is 0. The van der Waals surface area contributed by atoms with Gasteiger partial charge < -0.3 is 9.15 Å². The van der Waals surface area contributed by atoms with Gasteiger partial charge in [-0.2, -0.15) is 0 Å². The average Bonchev–Trinajstić information content (AvgIpc) is 2.71. The van der Waals surface area contributed by atoms with E-state index < -0.39 is 5.76 Å². The zero-order valence-electron chi connectivity index (χ0n) is 9.21. The van der Waals surface area contributed by atoms with E-state index in [-0.39, 0.29) is 12.0 Å². The van der Waals surface area contributed by atoms with Gasteiger partial charge >= 0.3 is 11.7 Å². The molecule has 0 saturated carbocycles. The molecular formula is C12H13NO3. The molecule has 0 aliphatic heterocycles. The maximum absolute atomic E-state index is 11.5. The predicted molar refractivity (Wildman–Crippen MR) is 59.8 cm³/mol. The van der Waals surface area contributed by atoms with E-state index in [2.05, 4.69) is 0 Å². The van der Waals surface area contributed by atoms with Gasteiger partial charge in [0, 0.05) is 0 Å². The maximum Gasteiger partial charge on any atom is 0.422 e. The Kier molecular flexibility index (Phi) is 2.81. The van der Waals surface area contributed by atoms with Crippen LogP contribution in [0, 0.1) is 0 Å². The molecule has 0 aliphatic carbocycles. The minimum atomic E-state index is -0.409. The summed E-state index contributed by atoms with van der Waals surface area (Å²) in [6, 6.07) is 9.69. The summed E-state index contributed by atoms with van der Waals surface area (Å²) in [7, 11) is 1.47. The Bertz CT molecular complexity index is 513. The SMILES string of the molecule is COc1cn(C(C)c2ccccc2)c(=O)o1. The Morgan fingerprint density at radius 2 is 2.00 bits per heavy atom. The van der Waals surface area contributed by atoms with E-state index >= 15 is 0 Å². The van der Waals surface area contributed by atoms with Crippen molar-refractivity contribution in [3.8, 4) is 5.95 Å². The molecule has 0 radical (unpaired) electrons. The van der Waals surface area contributed by atoms with Crippen molar-refractivity contribution >= 4 is 0 Å². The fraction of sp³-hybridized carbons (Fsp3) is 0.250. The van der Waals surface area contributed by atoms with Gasteiger partial charge in [0.1, 0.15) is 0 Å². The monoisotopic (exact) mass is 219 g/mol. The second kappa shape index (κ2) is 4.26. The molecule has 0 aliphatic rings. The topological polar surface area (TPSA) is 44.4 Å². The van der Waals surface area contributed by atoms with Crippen molar-refractivity contribution in [2.75, 3.05) is 7.11 Å². The molecular weight excluding hydrogens is 206 g/mol. The van der Waals surface area contributed by atoms with Crippen LogP contribution in [0.4, 0.5) is 0 Å². The first-order chi connectivity index (χ1) is 7.72. The number of oxazole rings is 1. The number of aromatic nitrogens is 1. The molecule has 0 amide bonds. The van der Waals surface area contributed by atoms with E-state index in [9.17, 15) is 4.79 Å². The lowest BCUT2D eigenvalue weighted by Gasteiger charge is -2.10. The van der Waals surface area contributed by atoms with Crippen LogP contribution in [-0.4, -0.2) is 11.7 Å². The van der Waals surface area contributed by atoms with Crippen LogP contribution in [0.15, 0.2) is 45.7 Å². The minimum Gasteiger partial charge on any atom is -0.467 e. The number of methoxy groups -OCH3 is 1. The Morgan fingerprint density at radius 3 is 2.56 bits per heavy atom. The smallest absolute Gasteiger partial charge is 0.422 e. The molecule has 0 saturated heterocycles. The molecule has 1 unspecified atom stereocenters. The van der Waals surface area contributed by atoms with Gasteiger partial charge in [0.2, 0.25) is 0 Å². The summed E-state index contributed by atoms with van der Waals surface area (Å²) in [5.74, 6) is -0.180. The second-order valence-electron chi connectivity index (χ2n) is 3.51. The molecule has 1 atom stereocenters. The molecule has 16 heavy (non-hydrogen) atoms. The largest absolute Gasteiger partial charge is 0.467 e. The van der Waals surface area contributed by atoms with Gasteiger partial charge in [-0.15, -0.1) is 0 Å². The Labute approximate surface area is 93.1 Å². The highest BCUT2D eigenvalue weighted by atomic mass is 16.6. The van der Waals surface area contributed by atoms with Crippen LogP contribution >= 0.6 is 0 Å². The predicted octanol–water partition coefficient (Wildman–Crippen LogP) is 2.06. The first-order valence-corrected chi connectivity index (χ1v) is 5.03. The minimum absolute atomic E-state index is 0.0682. The normalized spacial score (nSPS) is 12.4. The molecule has 4 heteroatoms. The summed E-state index contributed by atoms with van der Waals surface area (Å²) in [6.07, 6.45) is 1.57. The van der Waals surface area contributed by atoms with Crippen LogP contribution in [0.5, 0.6) is 5.95 Å². The summed E-state index contributed by atoms with van der Waals surface area (Å²) in [4.78, 5) is 11.5. The summed E-state index contributed by atoms with van der Waals surface area (Å²) in [5.41, 5.74) is 1.05. The molecule has 84 valence electrons. The van der Waals surface area contributed by atoms with Gasteiger partial charge in [0.25, 0.3) is 0 Å². The maximum atomic E-state index is 11.5. The van der Waals surface area contributed by atoms with Crippen LogP contribution < -0.4 is 10.5 Å². The number of benzene rings is 1. The summed E-state index contributed by atoms with van der Waals surface area (Å²) in [5, 5.41) is 0. The number of ether oxygens (including phenoxy) is 1. The van der Waals surface area contributed by atoms with E-state index in [4.69, 9.17) is 9.15 Å². The zero-order valence-corrected chi connectivity index (χ0v) is 9.21. The highest BCUT2D eigenvalue weighted by molar-refractivity contribution is 5.19. The van der Waals surface area contributed by atoms with Crippen LogP contribution in [0.1, 0.15) is 18.5 Å². The average molecular weight is 219 g/mol. The third-order valence-electron chi connectivity index (χ3n) is 2.54. The summed E-state index contributed by atoms with van der Waals surface area (Å²) < 4.78 is 11.3. The highest BCUT2D eigenvalue weighted by Crippen LogP contribution is 2.18. The van der Waals surface area contributed by atoms with Crippen molar-refractivity contribution in [2.24, 2.45) is 0 Å². The Balaban J connectivity index is 2.37. The molecule has 0 N–H and O–H groups in total. The van der Waals surface area contributed by atoms with Gasteiger partial charge in [0.15, 0.2) is 0 Å². The van der Waals surface area contributed by atoms with E-state index in [0.29, 0.717) is 0 Å². The molecule has 2 rings (SSSR count). The van der Waals surface area contributed by atoms with Gasteiger partial charge in [-0.25, -0.2) is 4.79 Å². The number of hydrogen-bond donors (Lipinski definition) is 0. The number of hydrogen-bond acceptors (Lipinski definition) is 3. The van der Waals surface area contributed by atoms with E-state index in [1.807, 2.05) is 37.3 Å². The van der Waals surface area contributed by atoms with Gasteiger partial charge in [-0.1, -0.05) is 30.3 Å². The molecule has 0 bridgehead atoms. The van der Waals surface area contributed by atoms with Crippen molar-refractivity contribution in [3.05, 3.63) is 52.6 Å². The van der Waals surface area contributed by atoms with Crippen molar-refractivity contribution in [1.82, 2.24) is 4.57 Å². The molecule has 1 aromatic heterocycles. The summed E-state index contributed by atoms with van der Waals surface area (Å²) in [6.45, 7) is 1.94. The van der Waals surface area contributed by atoms with Gasteiger partial charge in [-0.3, -0.25) is 4.57 Å². The fourth-order valence-corrected chi connectivity index (χ4v) is 1.59. The lowest BCUT2D eigenvalue weighted by molar-refractivity contribution is 0.292. The molecule has 2 aromatic rings. The zero-order chi connectivity index (χ0) is 11.5. The van der Waals surface area contributed by atoms with Crippen molar-refractivity contribution in [1.29, 1.82) is 0 Å². The fourth-order valence-electron chi connectivity index (χ4n) is 1.59. The third-order valence-corrected chi connectivity index (χ3v) is 2.54. The highest BCUT2D eigenvalue weighted by Gasteiger charge is 2.13. The number of nitrogens with zero attached hydrogens (tertiary/aromatic N) is 1. The van der Waals surface area contributed by atoms with Crippen molar-refractivity contribution in [3.63, 3.8) is 0 Å². The molecule has 1 heterocycles. The van der Waals surface area contributed by atoms with Crippen LogP contribution in [0.25, 0.3) is 0 Å². The third kappa shape index (κ3) is 1.86. The Hall–Kier alpha value is -1.97. The van der Waals surface area contributed by atoms with Gasteiger partial charge in [-0.05, 0) is 12.5 Å². The molecule has 0 fully saturated rings. The quantitative estimate of drug-likeness (QED) is 0.793. The molecule has 0 spiro atoms. The van der Waals surface area contributed by atoms with Crippen molar-refractivity contribution in [2.45, 2.75) is 13.0 Å². The van der Waals surface area contributed by atoms with Crippen LogP contribution in [0.2, 0.25) is 0 Å². The Morgan fingerprint density at radius 1 is 1.31 bits per heavy atom. The molecule has 4 nitrogen and oxygen atoms in total. The first-order valence-electron chi connectivity index (χ1n) is 5.03. The lowest BCUT2D eigenvalue weighted by atomic mass is 10.1. The van der Waals surface area contributed by atoms with Gasteiger partial charge in [0.05, 0.1) is 19.3 Å². The van der Waals surface area contributed by atoms with E-state index in [1.54, 1.807) is 6.20 Å². The van der Waals surface area contributed by atoms with Crippen LogP contribution in [-0.2, 0) is 0 Å². The van der Waals surface area contributed by atoms with E-state index in [1.165, 1.54) is 11.7 Å². The van der Waals surface area contributed by atoms with Crippen molar-refractivity contribution < 1.29 is 9.15 Å².